The Morgan fingerprint density at radius 2 is 1.59 bits per heavy atom. The molecule has 0 spiro atoms. The van der Waals surface area contributed by atoms with E-state index in [0.717, 1.165) is 37.1 Å². The van der Waals surface area contributed by atoms with Crippen LogP contribution in [0.1, 0.15) is 30.9 Å². The summed E-state index contributed by atoms with van der Waals surface area (Å²) in [4.78, 5) is 30.0. The highest BCUT2D eigenvalue weighted by Gasteiger charge is 2.41. The van der Waals surface area contributed by atoms with Crippen LogP contribution in [-0.2, 0) is 16.0 Å². The van der Waals surface area contributed by atoms with Crippen molar-refractivity contribution in [3.05, 3.63) is 77.2 Å². The number of benzene rings is 2. The number of carbonyl (C=O) groups excluding carboxylic acids is 2. The van der Waals surface area contributed by atoms with E-state index < -0.39 is 0 Å². The minimum atomic E-state index is -0.295. The highest BCUT2D eigenvalue weighted by atomic mass is 19.1. The van der Waals surface area contributed by atoms with Gasteiger partial charge in [0.1, 0.15) is 11.5 Å². The molecule has 0 bridgehead atoms. The summed E-state index contributed by atoms with van der Waals surface area (Å²) in [5.41, 5.74) is 2.72. The van der Waals surface area contributed by atoms with Crippen molar-refractivity contribution in [2.75, 3.05) is 19.6 Å². The van der Waals surface area contributed by atoms with Crippen molar-refractivity contribution < 1.29 is 14.0 Å². The quantitative estimate of drug-likeness (QED) is 0.725. The Hall–Kier alpha value is -2.95. The molecule has 0 radical (unpaired) electrons. The van der Waals surface area contributed by atoms with E-state index in [4.69, 9.17) is 0 Å². The minimum Gasteiger partial charge on any atom is -0.366 e. The molecule has 4 nitrogen and oxygen atoms in total. The number of halogens is 1. The third-order valence-corrected chi connectivity index (χ3v) is 5.84. The first kappa shape index (κ1) is 19.4. The van der Waals surface area contributed by atoms with Gasteiger partial charge in [0.2, 0.25) is 0 Å². The molecule has 2 heterocycles. The van der Waals surface area contributed by atoms with Crippen molar-refractivity contribution in [3.63, 3.8) is 0 Å². The summed E-state index contributed by atoms with van der Waals surface area (Å²) in [5, 5.41) is 0. The van der Waals surface area contributed by atoms with Gasteiger partial charge in [-0.2, -0.15) is 0 Å². The summed E-state index contributed by atoms with van der Waals surface area (Å²) in [6.45, 7) is 4.09. The lowest BCUT2D eigenvalue weighted by molar-refractivity contribution is -0.137. The van der Waals surface area contributed by atoms with Gasteiger partial charge in [-0.15, -0.1) is 0 Å². The highest BCUT2D eigenvalue weighted by Crippen LogP contribution is 2.33. The molecule has 0 N–H and O–H groups in total. The van der Waals surface area contributed by atoms with Crippen LogP contribution in [0.5, 0.6) is 0 Å². The van der Waals surface area contributed by atoms with Gasteiger partial charge in [0.15, 0.2) is 0 Å². The average Bonchev–Trinajstić information content (AvgIpc) is 2.99. The SMILES string of the molecule is CC1CCN(C2=C(c3ccccc3)C(=O)N(CCc3ccc(F)cc3)C2=O)CC1. The zero-order valence-electron chi connectivity index (χ0n) is 16.6. The van der Waals surface area contributed by atoms with Crippen LogP contribution in [0.3, 0.4) is 0 Å². The van der Waals surface area contributed by atoms with Crippen LogP contribution in [0, 0.1) is 11.7 Å². The second-order valence-corrected chi connectivity index (χ2v) is 7.90. The largest absolute Gasteiger partial charge is 0.366 e. The zero-order chi connectivity index (χ0) is 20.4. The lowest BCUT2D eigenvalue weighted by atomic mass is 9.97. The van der Waals surface area contributed by atoms with Crippen molar-refractivity contribution in [1.29, 1.82) is 0 Å². The van der Waals surface area contributed by atoms with Crippen LogP contribution in [-0.4, -0.2) is 41.2 Å². The van der Waals surface area contributed by atoms with Gasteiger partial charge in [-0.05, 0) is 48.4 Å². The number of imide groups is 1. The summed E-state index contributed by atoms with van der Waals surface area (Å²) >= 11 is 0. The smallest absolute Gasteiger partial charge is 0.277 e. The second-order valence-electron chi connectivity index (χ2n) is 7.90. The summed E-state index contributed by atoms with van der Waals surface area (Å²) in [7, 11) is 0. The molecule has 1 saturated heterocycles. The van der Waals surface area contributed by atoms with Crippen molar-refractivity contribution in [1.82, 2.24) is 9.80 Å². The van der Waals surface area contributed by atoms with E-state index in [2.05, 4.69) is 11.8 Å². The molecule has 150 valence electrons. The molecule has 2 aliphatic rings. The molecule has 2 aromatic rings. The Kier molecular flexibility index (Phi) is 5.47. The van der Waals surface area contributed by atoms with Crippen LogP contribution in [0.4, 0.5) is 4.39 Å². The highest BCUT2D eigenvalue weighted by molar-refractivity contribution is 6.35. The second kappa shape index (κ2) is 8.19. The first-order valence-corrected chi connectivity index (χ1v) is 10.2. The Morgan fingerprint density at radius 3 is 2.24 bits per heavy atom. The predicted molar refractivity (Wildman–Crippen MR) is 110 cm³/mol. The third-order valence-electron chi connectivity index (χ3n) is 5.84. The van der Waals surface area contributed by atoms with E-state index in [9.17, 15) is 14.0 Å². The molecule has 4 rings (SSSR count). The molecule has 0 aliphatic carbocycles. The predicted octanol–water partition coefficient (Wildman–Crippen LogP) is 3.88. The van der Waals surface area contributed by atoms with Gasteiger partial charge in [-0.1, -0.05) is 49.4 Å². The number of piperidine rings is 1. The molecule has 2 aliphatic heterocycles. The molecule has 5 heteroatoms. The number of nitrogens with zero attached hydrogens (tertiary/aromatic N) is 2. The third kappa shape index (κ3) is 3.95. The van der Waals surface area contributed by atoms with Gasteiger partial charge in [0, 0.05) is 19.6 Å². The van der Waals surface area contributed by atoms with Gasteiger partial charge in [0.25, 0.3) is 11.8 Å². The normalized spacial score (nSPS) is 18.1. The van der Waals surface area contributed by atoms with Crippen molar-refractivity contribution in [2.45, 2.75) is 26.2 Å². The van der Waals surface area contributed by atoms with Crippen molar-refractivity contribution in [3.8, 4) is 0 Å². The molecule has 1 fully saturated rings. The summed E-state index contributed by atoms with van der Waals surface area (Å²) < 4.78 is 13.1. The number of hydrogen-bond donors (Lipinski definition) is 0. The molecular weight excluding hydrogens is 367 g/mol. The Labute approximate surface area is 170 Å². The van der Waals surface area contributed by atoms with E-state index in [1.807, 2.05) is 30.3 Å². The number of carbonyl (C=O) groups is 2. The van der Waals surface area contributed by atoms with Crippen LogP contribution in [0.25, 0.3) is 5.57 Å². The average molecular weight is 392 g/mol. The fourth-order valence-corrected chi connectivity index (χ4v) is 4.05. The van der Waals surface area contributed by atoms with Gasteiger partial charge >= 0.3 is 0 Å². The lowest BCUT2D eigenvalue weighted by Crippen LogP contribution is -2.39. The van der Waals surface area contributed by atoms with Crippen LogP contribution < -0.4 is 0 Å². The summed E-state index contributed by atoms with van der Waals surface area (Å²) in [6.07, 6.45) is 2.54. The van der Waals surface area contributed by atoms with E-state index in [1.54, 1.807) is 12.1 Å². The lowest BCUT2D eigenvalue weighted by Gasteiger charge is -2.32. The molecular formula is C24H25FN2O2. The standard InChI is InChI=1S/C24H25FN2O2/c1-17-11-14-26(15-12-17)22-21(19-5-3-2-4-6-19)23(28)27(24(22)29)16-13-18-7-9-20(25)10-8-18/h2-10,17H,11-16H2,1H3. The Morgan fingerprint density at radius 1 is 0.931 bits per heavy atom. The molecule has 0 aromatic heterocycles. The van der Waals surface area contributed by atoms with E-state index >= 15 is 0 Å². The topological polar surface area (TPSA) is 40.6 Å². The maximum atomic E-state index is 13.3. The molecule has 0 atom stereocenters. The fraction of sp³-hybridized carbons (Fsp3) is 0.333. The number of likely N-dealkylation sites (tertiary alicyclic amines) is 1. The fourth-order valence-electron chi connectivity index (χ4n) is 4.05. The molecule has 2 amide bonds. The Bertz CT molecular complexity index is 929. The van der Waals surface area contributed by atoms with Gasteiger partial charge in [0.05, 0.1) is 5.57 Å². The van der Waals surface area contributed by atoms with Crippen LogP contribution in [0.2, 0.25) is 0 Å². The molecule has 0 unspecified atom stereocenters. The maximum Gasteiger partial charge on any atom is 0.277 e. The molecule has 0 saturated carbocycles. The van der Waals surface area contributed by atoms with Crippen molar-refractivity contribution in [2.24, 2.45) is 5.92 Å². The summed E-state index contributed by atoms with van der Waals surface area (Å²) in [5.74, 6) is -0.118. The van der Waals surface area contributed by atoms with E-state index in [1.165, 1.54) is 17.0 Å². The first-order valence-electron chi connectivity index (χ1n) is 10.2. The van der Waals surface area contributed by atoms with Gasteiger partial charge < -0.3 is 4.90 Å². The zero-order valence-corrected chi connectivity index (χ0v) is 16.6. The molecule has 29 heavy (non-hydrogen) atoms. The van der Waals surface area contributed by atoms with E-state index in [-0.39, 0.29) is 24.2 Å². The number of rotatable bonds is 5. The minimum absolute atomic E-state index is 0.217. The molecule has 2 aromatic carbocycles. The monoisotopic (exact) mass is 392 g/mol. The van der Waals surface area contributed by atoms with Crippen LogP contribution >= 0.6 is 0 Å². The first-order chi connectivity index (χ1) is 14.0. The Balaban J connectivity index is 1.61. The number of hydrogen-bond acceptors (Lipinski definition) is 3. The number of amides is 2. The van der Waals surface area contributed by atoms with Gasteiger partial charge in [-0.3, -0.25) is 14.5 Å². The van der Waals surface area contributed by atoms with Gasteiger partial charge in [-0.25, -0.2) is 4.39 Å². The van der Waals surface area contributed by atoms with E-state index in [0.29, 0.717) is 23.6 Å². The summed E-state index contributed by atoms with van der Waals surface area (Å²) in [6, 6.07) is 15.6. The van der Waals surface area contributed by atoms with Crippen LogP contribution in [0.15, 0.2) is 60.3 Å². The van der Waals surface area contributed by atoms with Crippen molar-refractivity contribution >= 4 is 17.4 Å². The maximum absolute atomic E-state index is 13.3.